The first-order chi connectivity index (χ1) is 10.2. The Morgan fingerprint density at radius 1 is 1.05 bits per heavy atom. The number of benzene rings is 2. The molecule has 2 aromatic carbocycles. The summed E-state index contributed by atoms with van der Waals surface area (Å²) in [7, 11) is 0. The lowest BCUT2D eigenvalue weighted by molar-refractivity contribution is -0.914. The third kappa shape index (κ3) is 3.56. The summed E-state index contributed by atoms with van der Waals surface area (Å²) in [5, 5.41) is 9.36. The van der Waals surface area contributed by atoms with E-state index in [1.165, 1.54) is 16.8 Å². The number of hydrogen-bond acceptors (Lipinski definition) is 2. The van der Waals surface area contributed by atoms with Crippen LogP contribution < -0.4 is 9.80 Å². The third-order valence-corrected chi connectivity index (χ3v) is 4.22. The quantitative estimate of drug-likeness (QED) is 0.895. The molecule has 3 heteroatoms. The van der Waals surface area contributed by atoms with Crippen LogP contribution in [0.5, 0.6) is 5.75 Å². The summed E-state index contributed by atoms with van der Waals surface area (Å²) in [5.41, 5.74) is 3.99. The molecule has 0 aromatic heterocycles. The molecule has 3 rings (SSSR count). The minimum absolute atomic E-state index is 0.336. The van der Waals surface area contributed by atoms with Crippen molar-refractivity contribution in [2.24, 2.45) is 0 Å². The zero-order chi connectivity index (χ0) is 14.7. The van der Waals surface area contributed by atoms with E-state index >= 15 is 0 Å². The maximum Gasteiger partial charge on any atom is 0.115 e. The summed E-state index contributed by atoms with van der Waals surface area (Å²) >= 11 is 0. The Bertz CT molecular complexity index is 586. The van der Waals surface area contributed by atoms with Gasteiger partial charge in [-0.3, -0.25) is 0 Å². The van der Waals surface area contributed by atoms with Crippen molar-refractivity contribution < 1.29 is 10.0 Å². The van der Waals surface area contributed by atoms with Crippen molar-refractivity contribution >= 4 is 5.69 Å². The van der Waals surface area contributed by atoms with Gasteiger partial charge in [0.2, 0.25) is 0 Å². The molecule has 1 heterocycles. The minimum atomic E-state index is 0.336. The maximum atomic E-state index is 9.36. The van der Waals surface area contributed by atoms with Gasteiger partial charge in [-0.2, -0.15) is 0 Å². The van der Waals surface area contributed by atoms with Gasteiger partial charge < -0.3 is 14.9 Å². The van der Waals surface area contributed by atoms with E-state index in [0.717, 1.165) is 32.7 Å². The van der Waals surface area contributed by atoms with Crippen LogP contribution in [0.3, 0.4) is 0 Å². The predicted molar refractivity (Wildman–Crippen MR) is 85.9 cm³/mol. The normalized spacial score (nSPS) is 16.1. The van der Waals surface area contributed by atoms with Crippen LogP contribution in [0.1, 0.15) is 11.1 Å². The highest BCUT2D eigenvalue weighted by Crippen LogP contribution is 2.18. The van der Waals surface area contributed by atoms with Crippen molar-refractivity contribution in [3.05, 3.63) is 59.7 Å². The lowest BCUT2D eigenvalue weighted by atomic mass is 10.1. The van der Waals surface area contributed by atoms with Crippen LogP contribution in [0.25, 0.3) is 0 Å². The number of nitrogens with zero attached hydrogens (tertiary/aromatic N) is 1. The molecule has 1 saturated heterocycles. The van der Waals surface area contributed by atoms with Crippen LogP contribution in [0.2, 0.25) is 0 Å². The average Bonchev–Trinajstić information content (AvgIpc) is 2.49. The van der Waals surface area contributed by atoms with Crippen molar-refractivity contribution in [3.8, 4) is 5.75 Å². The molecule has 0 amide bonds. The van der Waals surface area contributed by atoms with Gasteiger partial charge in [0.05, 0.1) is 26.2 Å². The maximum absolute atomic E-state index is 9.36. The van der Waals surface area contributed by atoms with Gasteiger partial charge in [0, 0.05) is 11.3 Å². The fourth-order valence-electron chi connectivity index (χ4n) is 3.03. The lowest BCUT2D eigenvalue weighted by Gasteiger charge is -2.33. The van der Waals surface area contributed by atoms with Crippen molar-refractivity contribution in [2.75, 3.05) is 31.1 Å². The number of aromatic hydroxyl groups is 1. The number of hydrogen-bond donors (Lipinski definition) is 2. The second-order valence-corrected chi connectivity index (χ2v) is 5.92. The predicted octanol–water partition coefficient (Wildman–Crippen LogP) is 1.61. The monoisotopic (exact) mass is 283 g/mol. The van der Waals surface area contributed by atoms with Gasteiger partial charge in [0.1, 0.15) is 12.3 Å². The van der Waals surface area contributed by atoms with E-state index < -0.39 is 0 Å². The lowest BCUT2D eigenvalue weighted by Crippen LogP contribution is -3.13. The molecule has 3 nitrogen and oxygen atoms in total. The Hall–Kier alpha value is -2.00. The molecule has 0 atom stereocenters. The summed E-state index contributed by atoms with van der Waals surface area (Å²) in [6.45, 7) is 7.74. The third-order valence-electron chi connectivity index (χ3n) is 4.22. The van der Waals surface area contributed by atoms with E-state index in [4.69, 9.17) is 0 Å². The van der Waals surface area contributed by atoms with Gasteiger partial charge >= 0.3 is 0 Å². The molecule has 1 aliphatic heterocycles. The van der Waals surface area contributed by atoms with Crippen molar-refractivity contribution in [1.82, 2.24) is 0 Å². The van der Waals surface area contributed by atoms with Crippen LogP contribution in [0.4, 0.5) is 5.69 Å². The Labute approximate surface area is 126 Å². The first kappa shape index (κ1) is 14.0. The zero-order valence-electron chi connectivity index (χ0n) is 12.5. The van der Waals surface area contributed by atoms with Crippen molar-refractivity contribution in [1.29, 1.82) is 0 Å². The molecule has 0 spiro atoms. The summed E-state index contributed by atoms with van der Waals surface area (Å²) in [6, 6.07) is 16.4. The number of quaternary nitrogens is 1. The average molecular weight is 283 g/mol. The zero-order valence-corrected chi connectivity index (χ0v) is 12.5. The summed E-state index contributed by atoms with van der Waals surface area (Å²) in [4.78, 5) is 4.05. The molecule has 21 heavy (non-hydrogen) atoms. The first-order valence-electron chi connectivity index (χ1n) is 7.64. The Balaban J connectivity index is 1.56. The van der Waals surface area contributed by atoms with E-state index in [9.17, 15) is 5.11 Å². The van der Waals surface area contributed by atoms with Gasteiger partial charge in [-0.1, -0.05) is 29.8 Å². The Morgan fingerprint density at radius 2 is 1.76 bits per heavy atom. The first-order valence-corrected chi connectivity index (χ1v) is 7.64. The van der Waals surface area contributed by atoms with E-state index in [0.29, 0.717) is 5.75 Å². The molecule has 2 N–H and O–H groups in total. The fourth-order valence-corrected chi connectivity index (χ4v) is 3.03. The van der Waals surface area contributed by atoms with Gasteiger partial charge in [0.25, 0.3) is 0 Å². The van der Waals surface area contributed by atoms with Crippen LogP contribution in [0.15, 0.2) is 48.5 Å². The summed E-state index contributed by atoms with van der Waals surface area (Å²) in [6.07, 6.45) is 0. The standard InChI is InChI=1S/C18H22N2O/c1-15-3-2-4-16(13-15)14-19-9-11-20(12-10-19)17-5-7-18(21)8-6-17/h2-8,13,21H,9-12,14H2,1H3/p+1. The number of anilines is 1. The topological polar surface area (TPSA) is 27.9 Å². The van der Waals surface area contributed by atoms with Gasteiger partial charge in [0.15, 0.2) is 0 Å². The highest BCUT2D eigenvalue weighted by Gasteiger charge is 2.20. The molecular formula is C18H23N2O+. The number of aryl methyl sites for hydroxylation is 1. The molecule has 1 fully saturated rings. The number of rotatable bonds is 3. The van der Waals surface area contributed by atoms with Crippen molar-refractivity contribution in [2.45, 2.75) is 13.5 Å². The number of phenols is 1. The fraction of sp³-hybridized carbons (Fsp3) is 0.333. The molecule has 110 valence electrons. The van der Waals surface area contributed by atoms with E-state index in [2.05, 4.69) is 36.1 Å². The molecule has 0 unspecified atom stereocenters. The minimum Gasteiger partial charge on any atom is -0.508 e. The molecule has 0 aliphatic carbocycles. The summed E-state index contributed by atoms with van der Waals surface area (Å²) < 4.78 is 0. The van der Waals surface area contributed by atoms with E-state index in [1.807, 2.05) is 12.1 Å². The van der Waals surface area contributed by atoms with Gasteiger partial charge in [-0.25, -0.2) is 0 Å². The summed E-state index contributed by atoms with van der Waals surface area (Å²) in [5.74, 6) is 0.336. The van der Waals surface area contributed by atoms with E-state index in [-0.39, 0.29) is 0 Å². The highest BCUT2D eigenvalue weighted by molar-refractivity contribution is 5.48. The van der Waals surface area contributed by atoms with Crippen LogP contribution in [0, 0.1) is 6.92 Å². The molecule has 0 radical (unpaired) electrons. The molecule has 2 aromatic rings. The second kappa shape index (κ2) is 6.19. The number of piperazine rings is 1. The molecule has 0 bridgehead atoms. The van der Waals surface area contributed by atoms with Crippen LogP contribution >= 0.6 is 0 Å². The number of nitrogens with one attached hydrogen (secondary N) is 1. The SMILES string of the molecule is Cc1cccc(C[NH+]2CCN(c3ccc(O)cc3)CC2)c1. The van der Waals surface area contributed by atoms with Gasteiger partial charge in [-0.05, 0) is 31.2 Å². The number of phenolic OH excluding ortho intramolecular Hbond substituents is 1. The molecule has 1 aliphatic rings. The Kier molecular flexibility index (Phi) is 4.11. The van der Waals surface area contributed by atoms with Crippen LogP contribution in [-0.2, 0) is 6.54 Å². The van der Waals surface area contributed by atoms with Crippen LogP contribution in [-0.4, -0.2) is 31.3 Å². The molecule has 0 saturated carbocycles. The molecular weight excluding hydrogens is 260 g/mol. The largest absolute Gasteiger partial charge is 0.508 e. The second-order valence-electron chi connectivity index (χ2n) is 5.92. The highest BCUT2D eigenvalue weighted by atomic mass is 16.3. The van der Waals surface area contributed by atoms with Gasteiger partial charge in [-0.15, -0.1) is 0 Å². The smallest absolute Gasteiger partial charge is 0.115 e. The van der Waals surface area contributed by atoms with E-state index in [1.54, 1.807) is 17.0 Å². The Morgan fingerprint density at radius 3 is 2.43 bits per heavy atom. The van der Waals surface area contributed by atoms with Crippen molar-refractivity contribution in [3.63, 3.8) is 0 Å².